The highest BCUT2D eigenvalue weighted by Gasteiger charge is 2.28. The Bertz CT molecular complexity index is 1010. The normalized spacial score (nSPS) is 14.0. The SMILES string of the molecule is O=C(O)Oc1cn(C2CC2)c2nc(-n3cccc3)c(F)cc2c1=O. The molecule has 7 nitrogen and oxygen atoms in total. The Balaban J connectivity index is 2.01. The summed E-state index contributed by atoms with van der Waals surface area (Å²) in [4.78, 5) is 27.5. The van der Waals surface area contributed by atoms with Crippen molar-refractivity contribution in [3.05, 3.63) is 52.8 Å². The molecule has 122 valence electrons. The van der Waals surface area contributed by atoms with E-state index >= 15 is 0 Å². The zero-order valence-electron chi connectivity index (χ0n) is 12.3. The number of ether oxygens (including phenoxy) is 1. The van der Waals surface area contributed by atoms with Crippen molar-refractivity contribution in [1.29, 1.82) is 0 Å². The van der Waals surface area contributed by atoms with Gasteiger partial charge in [-0.1, -0.05) is 0 Å². The van der Waals surface area contributed by atoms with Crippen LogP contribution in [-0.2, 0) is 0 Å². The number of nitrogens with zero attached hydrogens (tertiary/aromatic N) is 3. The quantitative estimate of drug-likeness (QED) is 0.747. The van der Waals surface area contributed by atoms with E-state index in [-0.39, 0.29) is 23.0 Å². The lowest BCUT2D eigenvalue weighted by molar-refractivity contribution is 0.143. The van der Waals surface area contributed by atoms with E-state index in [0.717, 1.165) is 18.9 Å². The van der Waals surface area contributed by atoms with Crippen LogP contribution in [0.15, 0.2) is 41.6 Å². The fraction of sp³-hybridized carbons (Fsp3) is 0.188. The molecule has 0 atom stereocenters. The summed E-state index contributed by atoms with van der Waals surface area (Å²) in [5, 5.41) is 8.76. The molecule has 0 spiro atoms. The molecule has 3 aromatic heterocycles. The zero-order valence-corrected chi connectivity index (χ0v) is 12.3. The van der Waals surface area contributed by atoms with Crippen LogP contribution in [0.1, 0.15) is 18.9 Å². The highest BCUT2D eigenvalue weighted by Crippen LogP contribution is 2.37. The number of carboxylic acid groups (broad SMARTS) is 1. The lowest BCUT2D eigenvalue weighted by Gasteiger charge is -2.13. The lowest BCUT2D eigenvalue weighted by Crippen LogP contribution is -2.17. The minimum absolute atomic E-state index is 0.00550. The molecular weight excluding hydrogens is 317 g/mol. The molecule has 0 aliphatic heterocycles. The summed E-state index contributed by atoms with van der Waals surface area (Å²) in [5.41, 5.74) is -0.389. The van der Waals surface area contributed by atoms with Gasteiger partial charge in [-0.2, -0.15) is 0 Å². The van der Waals surface area contributed by atoms with Crippen LogP contribution in [0.25, 0.3) is 16.9 Å². The van der Waals surface area contributed by atoms with Crippen molar-refractivity contribution in [3.8, 4) is 11.6 Å². The zero-order chi connectivity index (χ0) is 16.8. The summed E-state index contributed by atoms with van der Waals surface area (Å²) >= 11 is 0. The minimum Gasteiger partial charge on any atom is -0.449 e. The van der Waals surface area contributed by atoms with Crippen LogP contribution in [0, 0.1) is 5.82 Å². The smallest absolute Gasteiger partial charge is 0.449 e. The Hall–Kier alpha value is -3.16. The molecule has 1 saturated carbocycles. The van der Waals surface area contributed by atoms with Crippen LogP contribution < -0.4 is 10.2 Å². The molecule has 1 aliphatic carbocycles. The van der Waals surface area contributed by atoms with E-state index in [0.29, 0.717) is 5.65 Å². The lowest BCUT2D eigenvalue weighted by atomic mass is 10.2. The Morgan fingerprint density at radius 1 is 1.33 bits per heavy atom. The fourth-order valence-electron chi connectivity index (χ4n) is 2.67. The van der Waals surface area contributed by atoms with Gasteiger partial charge in [0.2, 0.25) is 5.43 Å². The van der Waals surface area contributed by atoms with Crippen LogP contribution >= 0.6 is 0 Å². The number of hydrogen-bond donors (Lipinski definition) is 1. The van der Waals surface area contributed by atoms with Gasteiger partial charge in [0.05, 0.1) is 11.6 Å². The molecule has 3 aromatic rings. The van der Waals surface area contributed by atoms with E-state index in [9.17, 15) is 14.0 Å². The number of aromatic nitrogens is 3. The first-order chi connectivity index (χ1) is 11.5. The van der Waals surface area contributed by atoms with Crippen molar-refractivity contribution in [3.63, 3.8) is 0 Å². The van der Waals surface area contributed by atoms with E-state index in [1.165, 1.54) is 10.8 Å². The first kappa shape index (κ1) is 14.4. The molecular formula is C16H12FN3O4. The number of halogens is 1. The predicted octanol–water partition coefficient (Wildman–Crippen LogP) is 2.72. The summed E-state index contributed by atoms with van der Waals surface area (Å²) in [7, 11) is 0. The van der Waals surface area contributed by atoms with Gasteiger partial charge in [-0.3, -0.25) is 4.79 Å². The summed E-state index contributed by atoms with van der Waals surface area (Å²) in [6, 6.07) is 4.65. The molecule has 0 unspecified atom stereocenters. The average molecular weight is 329 g/mol. The molecule has 3 heterocycles. The fourth-order valence-corrected chi connectivity index (χ4v) is 2.67. The second-order valence-electron chi connectivity index (χ2n) is 5.58. The molecule has 0 aromatic carbocycles. The van der Waals surface area contributed by atoms with E-state index in [2.05, 4.69) is 9.72 Å². The summed E-state index contributed by atoms with van der Waals surface area (Å²) in [5.74, 6) is -0.948. The van der Waals surface area contributed by atoms with Crippen molar-refractivity contribution < 1.29 is 19.0 Å². The number of fused-ring (bicyclic) bond motifs is 1. The number of carbonyl (C=O) groups is 1. The van der Waals surface area contributed by atoms with Crippen LogP contribution in [0.5, 0.6) is 5.75 Å². The van der Waals surface area contributed by atoms with E-state index < -0.39 is 17.4 Å². The van der Waals surface area contributed by atoms with Crippen molar-refractivity contribution in [2.75, 3.05) is 0 Å². The minimum atomic E-state index is -1.59. The third-order valence-corrected chi connectivity index (χ3v) is 3.89. The molecule has 0 bridgehead atoms. The maximum absolute atomic E-state index is 14.4. The largest absolute Gasteiger partial charge is 0.511 e. The number of hydrogen-bond acceptors (Lipinski definition) is 4. The highest BCUT2D eigenvalue weighted by atomic mass is 19.1. The van der Waals surface area contributed by atoms with Crippen molar-refractivity contribution in [2.45, 2.75) is 18.9 Å². The van der Waals surface area contributed by atoms with Crippen molar-refractivity contribution in [2.24, 2.45) is 0 Å². The van der Waals surface area contributed by atoms with Gasteiger partial charge in [-0.05, 0) is 31.0 Å². The molecule has 24 heavy (non-hydrogen) atoms. The molecule has 0 amide bonds. The first-order valence-corrected chi connectivity index (χ1v) is 7.34. The summed E-state index contributed by atoms with van der Waals surface area (Å²) in [6.45, 7) is 0. The first-order valence-electron chi connectivity index (χ1n) is 7.34. The summed E-state index contributed by atoms with van der Waals surface area (Å²) < 4.78 is 22.2. The summed E-state index contributed by atoms with van der Waals surface area (Å²) in [6.07, 6.45) is 4.80. The van der Waals surface area contributed by atoms with Crippen LogP contribution in [0.4, 0.5) is 9.18 Å². The second-order valence-corrected chi connectivity index (χ2v) is 5.58. The molecule has 1 fully saturated rings. The second kappa shape index (κ2) is 5.19. The maximum Gasteiger partial charge on any atom is 0.511 e. The van der Waals surface area contributed by atoms with Crippen LogP contribution in [0.2, 0.25) is 0 Å². The molecule has 0 saturated heterocycles. The van der Waals surface area contributed by atoms with E-state index in [1.807, 2.05) is 0 Å². The predicted molar refractivity (Wildman–Crippen MR) is 82.2 cm³/mol. The van der Waals surface area contributed by atoms with Gasteiger partial charge < -0.3 is 19.0 Å². The van der Waals surface area contributed by atoms with Crippen molar-refractivity contribution >= 4 is 17.2 Å². The highest BCUT2D eigenvalue weighted by molar-refractivity contribution is 5.79. The van der Waals surface area contributed by atoms with Gasteiger partial charge in [0.15, 0.2) is 17.4 Å². The van der Waals surface area contributed by atoms with Gasteiger partial charge in [-0.15, -0.1) is 0 Å². The monoisotopic (exact) mass is 329 g/mol. The Kier molecular flexibility index (Phi) is 3.12. The Morgan fingerprint density at radius 2 is 2.04 bits per heavy atom. The van der Waals surface area contributed by atoms with Crippen molar-refractivity contribution in [1.82, 2.24) is 14.1 Å². The topological polar surface area (TPSA) is 86.3 Å². The molecule has 1 aliphatic rings. The van der Waals surface area contributed by atoms with Gasteiger partial charge in [0.25, 0.3) is 0 Å². The van der Waals surface area contributed by atoms with Gasteiger partial charge in [0.1, 0.15) is 5.65 Å². The maximum atomic E-state index is 14.4. The van der Waals surface area contributed by atoms with E-state index in [1.54, 1.807) is 29.1 Å². The average Bonchev–Trinajstić information content (AvgIpc) is 3.24. The Morgan fingerprint density at radius 3 is 2.67 bits per heavy atom. The molecule has 8 heteroatoms. The molecule has 1 N–H and O–H groups in total. The van der Waals surface area contributed by atoms with Gasteiger partial charge in [-0.25, -0.2) is 14.2 Å². The molecule has 0 radical (unpaired) electrons. The Labute approximate surface area is 134 Å². The van der Waals surface area contributed by atoms with Crippen LogP contribution in [0.3, 0.4) is 0 Å². The molecule has 4 rings (SSSR count). The van der Waals surface area contributed by atoms with Crippen LogP contribution in [-0.4, -0.2) is 25.4 Å². The van der Waals surface area contributed by atoms with Gasteiger partial charge in [0, 0.05) is 18.4 Å². The number of pyridine rings is 2. The van der Waals surface area contributed by atoms with Gasteiger partial charge >= 0.3 is 6.16 Å². The third kappa shape index (κ3) is 2.32. The standard InChI is InChI=1S/C16H12FN3O4/c17-11-7-10-13(21)12(24-16(22)23)8-20(9-3-4-9)14(10)18-15(11)19-5-1-2-6-19/h1-2,5-9H,3-4H2,(H,22,23). The third-order valence-electron chi connectivity index (χ3n) is 3.89. The number of rotatable bonds is 3. The van der Waals surface area contributed by atoms with E-state index in [4.69, 9.17) is 5.11 Å².